The van der Waals surface area contributed by atoms with Crippen LogP contribution in [0.5, 0.6) is 0 Å². The molecule has 0 aromatic heterocycles. The molecule has 7 N–H and O–H groups in total. The van der Waals surface area contributed by atoms with E-state index >= 15 is 0 Å². The van der Waals surface area contributed by atoms with Gasteiger partial charge in [0.1, 0.15) is 10.6 Å². The Labute approximate surface area is 231 Å². The largest absolute Gasteiger partial charge is 0.505 e. The summed E-state index contributed by atoms with van der Waals surface area (Å²) in [5.41, 5.74) is 11.1. The number of aliphatic hydroxyl groups is 1. The molecule has 0 unspecified atom stereocenters. The van der Waals surface area contributed by atoms with Crippen molar-refractivity contribution >= 4 is 73.0 Å². The van der Waals surface area contributed by atoms with Crippen LogP contribution in [0.4, 0.5) is 17.1 Å². The van der Waals surface area contributed by atoms with E-state index in [4.69, 9.17) is 5.73 Å². The van der Waals surface area contributed by atoms with Gasteiger partial charge >= 0.3 is 5.97 Å². The van der Waals surface area contributed by atoms with Crippen molar-refractivity contribution < 1.29 is 37.6 Å². The average Bonchev–Trinajstić information content (AvgIpc) is 2.92. The highest BCUT2D eigenvalue weighted by atomic mass is 32.2. The molecule has 2 aliphatic rings. The van der Waals surface area contributed by atoms with Crippen molar-refractivity contribution in [1.82, 2.24) is 0 Å². The van der Waals surface area contributed by atoms with E-state index in [0.717, 1.165) is 12.2 Å². The number of fused-ring (bicyclic) bond motifs is 2. The van der Waals surface area contributed by atoms with E-state index in [9.17, 15) is 37.6 Å². The molecule has 0 amide bonds. The lowest BCUT2D eigenvalue weighted by Crippen LogP contribution is -2.27. The summed E-state index contributed by atoms with van der Waals surface area (Å²) in [5.74, 6) is -4.02. The van der Waals surface area contributed by atoms with Crippen LogP contribution in [-0.4, -0.2) is 52.1 Å². The molecule has 0 bridgehead atoms. The van der Waals surface area contributed by atoms with Crippen LogP contribution in [0.15, 0.2) is 93.2 Å². The van der Waals surface area contributed by atoms with Gasteiger partial charge in [0.15, 0.2) is 22.8 Å². The van der Waals surface area contributed by atoms with Crippen LogP contribution in [0.3, 0.4) is 0 Å². The van der Waals surface area contributed by atoms with Gasteiger partial charge in [0.05, 0.1) is 11.4 Å². The molecule has 0 atom stereocenters. The number of benzene rings is 3. The number of nitrogens with one attached hydrogen (secondary N) is 2. The number of allylic oxidation sites excluding steroid dienone is 3. The molecule has 3 aromatic rings. The molecule has 13 nitrogen and oxygen atoms in total. The zero-order valence-corrected chi connectivity index (χ0v) is 21.5. The smallest absolute Gasteiger partial charge is 0.343 e. The molecule has 0 aliphatic heterocycles. The van der Waals surface area contributed by atoms with Crippen LogP contribution in [0.2, 0.25) is 0 Å². The lowest BCUT2D eigenvalue weighted by atomic mass is 9.94. The SMILES string of the molecule is Nc1ccc2c(c1)C(=O)/C(=N/Nc1ccc(N/N=C3\C=CC(=O)C(C(=O)O)=C3O)c3ccccc13)C(S(=O)(=O)O)=C2. The number of carbonyl (C=O) groups is 3. The second kappa shape index (κ2) is 10.2. The fraction of sp³-hybridized carbons (Fsp3) is 0. The van der Waals surface area contributed by atoms with Gasteiger partial charge in [-0.2, -0.15) is 18.6 Å². The maximum Gasteiger partial charge on any atom is 0.343 e. The summed E-state index contributed by atoms with van der Waals surface area (Å²) in [6.07, 6.45) is 3.27. The predicted molar refractivity (Wildman–Crippen MR) is 152 cm³/mol. The minimum atomic E-state index is -4.82. The zero-order valence-electron chi connectivity index (χ0n) is 20.7. The van der Waals surface area contributed by atoms with Gasteiger partial charge in [-0.1, -0.05) is 30.3 Å². The summed E-state index contributed by atoms with van der Waals surface area (Å²) in [6, 6.07) is 14.3. The van der Waals surface area contributed by atoms with E-state index in [1.165, 1.54) is 24.3 Å². The van der Waals surface area contributed by atoms with Crippen molar-refractivity contribution in [2.75, 3.05) is 16.6 Å². The number of carboxylic acids is 1. The van der Waals surface area contributed by atoms with Crippen molar-refractivity contribution in [3.63, 3.8) is 0 Å². The predicted octanol–water partition coefficient (Wildman–Crippen LogP) is 3.12. The molecular weight excluding hydrogens is 554 g/mol. The Hall–Kier alpha value is -5.60. The average molecular weight is 574 g/mol. The molecule has 206 valence electrons. The highest BCUT2D eigenvalue weighted by Crippen LogP contribution is 2.32. The maximum atomic E-state index is 13.2. The number of carboxylic acid groups (broad SMARTS) is 1. The van der Waals surface area contributed by atoms with Gasteiger partial charge in [-0.15, -0.1) is 0 Å². The molecule has 2 aliphatic carbocycles. The zero-order chi connectivity index (χ0) is 29.5. The molecule has 5 rings (SSSR count). The second-order valence-electron chi connectivity index (χ2n) is 8.77. The lowest BCUT2D eigenvalue weighted by Gasteiger charge is -2.17. The van der Waals surface area contributed by atoms with Crippen molar-refractivity contribution in [2.45, 2.75) is 0 Å². The van der Waals surface area contributed by atoms with Crippen LogP contribution in [0, 0.1) is 0 Å². The number of anilines is 3. The normalized spacial score (nSPS) is 17.1. The lowest BCUT2D eigenvalue weighted by molar-refractivity contribution is -0.134. The van der Waals surface area contributed by atoms with Crippen molar-refractivity contribution in [1.29, 1.82) is 0 Å². The number of aliphatic carboxylic acids is 1. The summed E-state index contributed by atoms with van der Waals surface area (Å²) in [5, 5.41) is 28.6. The number of nitrogens with two attached hydrogens (primary N) is 1. The first kappa shape index (κ1) is 27.0. The standard InChI is InChI=1S/C27H19N5O8S/c28-14-6-5-13-11-22(41(38,39)40)24(25(34)17(13)12-14)32-30-19-8-7-18(15-3-1-2-4-16(15)19)29-31-20-9-10-21(33)23(26(20)35)27(36)37/h1-12,29-30,35H,28H2,(H,36,37)(H,38,39,40)/b31-20+,32-24+. The third kappa shape index (κ3) is 5.07. The summed E-state index contributed by atoms with van der Waals surface area (Å²) < 4.78 is 34.0. The summed E-state index contributed by atoms with van der Waals surface area (Å²) in [6.45, 7) is 0. The van der Waals surface area contributed by atoms with Crippen molar-refractivity contribution in [3.8, 4) is 0 Å². The summed E-state index contributed by atoms with van der Waals surface area (Å²) >= 11 is 0. The number of rotatable bonds is 6. The van der Waals surface area contributed by atoms with Gasteiger partial charge in [-0.05, 0) is 48.1 Å². The molecule has 3 aromatic carbocycles. The number of ketones is 2. The number of nitrogen functional groups attached to an aromatic ring is 1. The minimum Gasteiger partial charge on any atom is -0.505 e. The van der Waals surface area contributed by atoms with E-state index in [1.54, 1.807) is 36.4 Å². The Morgan fingerprint density at radius 2 is 1.54 bits per heavy atom. The van der Waals surface area contributed by atoms with Crippen LogP contribution < -0.4 is 16.6 Å². The number of hydrogen-bond acceptors (Lipinski definition) is 11. The number of Topliss-reactive ketones (excluding diaryl/α,β-unsaturated/α-hetero) is 1. The Morgan fingerprint density at radius 3 is 2.15 bits per heavy atom. The van der Waals surface area contributed by atoms with E-state index < -0.39 is 49.6 Å². The molecule has 0 saturated heterocycles. The Balaban J connectivity index is 1.51. The van der Waals surface area contributed by atoms with Gasteiger partial charge in [0.25, 0.3) is 10.1 Å². The number of carbonyl (C=O) groups excluding carboxylic acids is 2. The van der Waals surface area contributed by atoms with Crippen LogP contribution in [-0.2, 0) is 19.7 Å². The van der Waals surface area contributed by atoms with Crippen molar-refractivity contribution in [2.24, 2.45) is 10.2 Å². The first-order valence-electron chi connectivity index (χ1n) is 11.7. The quantitative estimate of drug-likeness (QED) is 0.0826. The Bertz CT molecular complexity index is 1960. The number of hydrogen-bond donors (Lipinski definition) is 6. The monoisotopic (exact) mass is 573 g/mol. The van der Waals surface area contributed by atoms with Crippen LogP contribution in [0.1, 0.15) is 15.9 Å². The third-order valence-corrected chi connectivity index (χ3v) is 7.04. The minimum absolute atomic E-state index is 0.114. The first-order chi connectivity index (χ1) is 19.5. The Kier molecular flexibility index (Phi) is 6.70. The third-order valence-electron chi connectivity index (χ3n) is 6.18. The van der Waals surface area contributed by atoms with E-state index in [-0.39, 0.29) is 22.5 Å². The molecule has 41 heavy (non-hydrogen) atoms. The fourth-order valence-electron chi connectivity index (χ4n) is 4.24. The number of nitrogens with zero attached hydrogens (tertiary/aromatic N) is 2. The topological polar surface area (TPSA) is 221 Å². The Morgan fingerprint density at radius 1 is 0.902 bits per heavy atom. The van der Waals surface area contributed by atoms with Crippen LogP contribution in [0.25, 0.3) is 16.8 Å². The molecule has 0 spiro atoms. The van der Waals surface area contributed by atoms with Gasteiger partial charge in [0.2, 0.25) is 5.78 Å². The number of aliphatic hydroxyl groups excluding tert-OH is 1. The highest BCUT2D eigenvalue weighted by molar-refractivity contribution is 7.91. The summed E-state index contributed by atoms with van der Waals surface area (Å²) in [4.78, 5) is 35.6. The van der Waals surface area contributed by atoms with E-state index in [1.807, 2.05) is 0 Å². The van der Waals surface area contributed by atoms with E-state index in [0.29, 0.717) is 22.1 Å². The fourth-order valence-corrected chi connectivity index (χ4v) is 4.90. The molecule has 0 fully saturated rings. The van der Waals surface area contributed by atoms with Gasteiger partial charge in [-0.3, -0.25) is 25.0 Å². The van der Waals surface area contributed by atoms with Gasteiger partial charge in [-0.25, -0.2) is 4.79 Å². The first-order valence-corrected chi connectivity index (χ1v) is 13.1. The maximum absolute atomic E-state index is 13.2. The number of hydrazone groups is 2. The van der Waals surface area contributed by atoms with E-state index in [2.05, 4.69) is 21.1 Å². The highest BCUT2D eigenvalue weighted by Gasteiger charge is 2.33. The molecule has 14 heteroatoms. The van der Waals surface area contributed by atoms with Crippen molar-refractivity contribution in [3.05, 3.63) is 94.1 Å². The molecule has 0 saturated carbocycles. The van der Waals surface area contributed by atoms with Gasteiger partial charge in [0, 0.05) is 22.0 Å². The van der Waals surface area contributed by atoms with Gasteiger partial charge < -0.3 is 15.9 Å². The molecular formula is C27H19N5O8S. The summed E-state index contributed by atoms with van der Waals surface area (Å²) in [7, 11) is -4.82. The second-order valence-corrected chi connectivity index (χ2v) is 10.2. The molecule has 0 radical (unpaired) electrons. The molecule has 0 heterocycles. The van der Waals surface area contributed by atoms with Crippen LogP contribution >= 0.6 is 0 Å².